The van der Waals surface area contributed by atoms with Crippen molar-refractivity contribution in [2.24, 2.45) is 0 Å². The van der Waals surface area contributed by atoms with Gasteiger partial charge in [0.05, 0.1) is 0 Å². The summed E-state index contributed by atoms with van der Waals surface area (Å²) in [6.07, 6.45) is 1.11. The number of nitrogens with zero attached hydrogens (tertiary/aromatic N) is 1. The van der Waals surface area contributed by atoms with Crippen LogP contribution in [0.25, 0.3) is 0 Å². The number of aryl methyl sites for hydroxylation is 1. The third kappa shape index (κ3) is 2.53. The van der Waals surface area contributed by atoms with Gasteiger partial charge >= 0.3 is 0 Å². The van der Waals surface area contributed by atoms with Crippen LogP contribution in [-0.2, 0) is 0 Å². The molecule has 3 heteroatoms. The number of anilines is 1. The highest BCUT2D eigenvalue weighted by Gasteiger charge is 2.14. The molecule has 0 amide bonds. The molecule has 1 aliphatic heterocycles. The molecule has 1 N–H and O–H groups in total. The molecule has 0 spiro atoms. The van der Waals surface area contributed by atoms with Crippen LogP contribution in [0.5, 0.6) is 0 Å². The third-order valence-electron chi connectivity index (χ3n) is 3.23. The van der Waals surface area contributed by atoms with Gasteiger partial charge in [-0.2, -0.15) is 0 Å². The molecule has 0 aromatic heterocycles. The zero-order valence-corrected chi connectivity index (χ0v) is 9.96. The van der Waals surface area contributed by atoms with Crippen molar-refractivity contribution in [3.05, 3.63) is 29.6 Å². The number of halogens is 1. The van der Waals surface area contributed by atoms with Gasteiger partial charge in [-0.15, -0.1) is 0 Å². The maximum atomic E-state index is 13.5. The van der Waals surface area contributed by atoms with Crippen LogP contribution in [0, 0.1) is 12.7 Å². The molecule has 2 rings (SSSR count). The molecule has 2 nitrogen and oxygen atoms in total. The fraction of sp³-hybridized carbons (Fsp3) is 0.538. The van der Waals surface area contributed by atoms with Gasteiger partial charge in [-0.25, -0.2) is 4.39 Å². The molecular formula is C13H19FN2. The van der Waals surface area contributed by atoms with Gasteiger partial charge in [0.1, 0.15) is 5.82 Å². The lowest BCUT2D eigenvalue weighted by Crippen LogP contribution is -2.29. The van der Waals surface area contributed by atoms with Gasteiger partial charge in [0.15, 0.2) is 0 Å². The Balaban J connectivity index is 2.13. The van der Waals surface area contributed by atoms with E-state index in [4.69, 9.17) is 0 Å². The van der Waals surface area contributed by atoms with Crippen LogP contribution in [-0.4, -0.2) is 25.7 Å². The molecule has 1 heterocycles. The van der Waals surface area contributed by atoms with E-state index >= 15 is 0 Å². The molecule has 1 aromatic carbocycles. The van der Waals surface area contributed by atoms with Gasteiger partial charge in [-0.1, -0.05) is 6.07 Å². The first-order valence-corrected chi connectivity index (χ1v) is 5.91. The minimum Gasteiger partial charge on any atom is -0.370 e. The Labute approximate surface area is 96.5 Å². The maximum absolute atomic E-state index is 13.5. The van der Waals surface area contributed by atoms with Crippen LogP contribution in [0.3, 0.4) is 0 Å². The first-order valence-electron chi connectivity index (χ1n) is 5.91. The topological polar surface area (TPSA) is 15.3 Å². The minimum absolute atomic E-state index is 0.109. The maximum Gasteiger partial charge on any atom is 0.128 e. The summed E-state index contributed by atoms with van der Waals surface area (Å²) < 4.78 is 13.5. The summed E-state index contributed by atoms with van der Waals surface area (Å²) in [6, 6.07) is 6.06. The van der Waals surface area contributed by atoms with Gasteiger partial charge < -0.3 is 10.2 Å². The van der Waals surface area contributed by atoms with Gasteiger partial charge in [0.2, 0.25) is 0 Å². The lowest BCUT2D eigenvalue weighted by molar-refractivity contribution is 0.566. The first kappa shape index (κ1) is 11.4. The SMILES string of the molecule is Cc1ccc(N2CCNC(C)CC2)cc1F. The molecule has 0 radical (unpaired) electrons. The predicted molar refractivity (Wildman–Crippen MR) is 65.4 cm³/mol. The van der Waals surface area contributed by atoms with Crippen LogP contribution in [0.4, 0.5) is 10.1 Å². The molecule has 1 aliphatic rings. The molecule has 0 bridgehead atoms. The molecule has 1 saturated heterocycles. The second kappa shape index (κ2) is 4.83. The standard InChI is InChI=1S/C13H19FN2/c1-10-3-4-12(9-13(10)14)16-7-5-11(2)15-6-8-16/h3-4,9,11,15H,5-8H2,1-2H3. The average Bonchev–Trinajstić information content (AvgIpc) is 2.47. The van der Waals surface area contributed by atoms with Crippen molar-refractivity contribution in [2.75, 3.05) is 24.5 Å². The monoisotopic (exact) mass is 222 g/mol. The molecule has 88 valence electrons. The van der Waals surface area contributed by atoms with E-state index in [2.05, 4.69) is 17.1 Å². The fourth-order valence-electron chi connectivity index (χ4n) is 2.05. The summed E-state index contributed by atoms with van der Waals surface area (Å²) in [7, 11) is 0. The molecular weight excluding hydrogens is 203 g/mol. The first-order chi connectivity index (χ1) is 7.66. The summed E-state index contributed by atoms with van der Waals surface area (Å²) in [5, 5.41) is 3.43. The number of hydrogen-bond acceptors (Lipinski definition) is 2. The number of nitrogens with one attached hydrogen (secondary N) is 1. The smallest absolute Gasteiger partial charge is 0.128 e. The highest BCUT2D eigenvalue weighted by atomic mass is 19.1. The minimum atomic E-state index is -0.109. The van der Waals surface area contributed by atoms with Gasteiger partial charge in [0, 0.05) is 31.4 Å². The molecule has 0 aliphatic carbocycles. The van der Waals surface area contributed by atoms with E-state index in [9.17, 15) is 4.39 Å². The van der Waals surface area contributed by atoms with E-state index in [-0.39, 0.29) is 5.82 Å². The van der Waals surface area contributed by atoms with Gasteiger partial charge in [-0.05, 0) is 38.0 Å². The number of hydrogen-bond donors (Lipinski definition) is 1. The normalized spacial score (nSPS) is 21.9. The van der Waals surface area contributed by atoms with E-state index in [0.29, 0.717) is 11.6 Å². The quantitative estimate of drug-likeness (QED) is 0.784. The van der Waals surface area contributed by atoms with Crippen molar-refractivity contribution in [1.29, 1.82) is 0 Å². The van der Waals surface area contributed by atoms with Crippen molar-refractivity contribution < 1.29 is 4.39 Å². The Hall–Kier alpha value is -1.09. The van der Waals surface area contributed by atoms with Crippen LogP contribution < -0.4 is 10.2 Å². The number of benzene rings is 1. The summed E-state index contributed by atoms with van der Waals surface area (Å²) in [5.74, 6) is -0.109. The summed E-state index contributed by atoms with van der Waals surface area (Å²) in [5.41, 5.74) is 1.71. The van der Waals surface area contributed by atoms with Crippen molar-refractivity contribution in [3.63, 3.8) is 0 Å². The van der Waals surface area contributed by atoms with Crippen LogP contribution in [0.2, 0.25) is 0 Å². The zero-order valence-electron chi connectivity index (χ0n) is 9.96. The largest absolute Gasteiger partial charge is 0.370 e. The molecule has 1 aromatic rings. The van der Waals surface area contributed by atoms with Crippen molar-refractivity contribution in [1.82, 2.24) is 5.32 Å². The van der Waals surface area contributed by atoms with E-state index in [1.807, 2.05) is 12.1 Å². The lowest BCUT2D eigenvalue weighted by Gasteiger charge is -2.22. The Morgan fingerprint density at radius 3 is 2.94 bits per heavy atom. The van der Waals surface area contributed by atoms with Gasteiger partial charge in [0.25, 0.3) is 0 Å². The highest BCUT2D eigenvalue weighted by molar-refractivity contribution is 5.48. The van der Waals surface area contributed by atoms with Crippen molar-refractivity contribution >= 4 is 5.69 Å². The summed E-state index contributed by atoms with van der Waals surface area (Å²) in [4.78, 5) is 2.25. The molecule has 1 unspecified atom stereocenters. The summed E-state index contributed by atoms with van der Waals surface area (Å²) in [6.45, 7) is 6.91. The lowest BCUT2D eigenvalue weighted by atomic mass is 10.2. The van der Waals surface area contributed by atoms with Gasteiger partial charge in [-0.3, -0.25) is 0 Å². The van der Waals surface area contributed by atoms with E-state index < -0.39 is 0 Å². The van der Waals surface area contributed by atoms with Crippen LogP contribution in [0.15, 0.2) is 18.2 Å². The molecule has 1 atom stereocenters. The molecule has 16 heavy (non-hydrogen) atoms. The zero-order chi connectivity index (χ0) is 11.5. The fourth-order valence-corrected chi connectivity index (χ4v) is 2.05. The third-order valence-corrected chi connectivity index (χ3v) is 3.23. The van der Waals surface area contributed by atoms with Crippen molar-refractivity contribution in [3.8, 4) is 0 Å². The Morgan fingerprint density at radius 1 is 1.38 bits per heavy atom. The average molecular weight is 222 g/mol. The van der Waals surface area contributed by atoms with Crippen molar-refractivity contribution in [2.45, 2.75) is 26.3 Å². The Kier molecular flexibility index (Phi) is 3.44. The summed E-state index contributed by atoms with van der Waals surface area (Å²) >= 11 is 0. The molecule has 1 fully saturated rings. The molecule has 0 saturated carbocycles. The highest BCUT2D eigenvalue weighted by Crippen LogP contribution is 2.19. The number of rotatable bonds is 1. The van der Waals surface area contributed by atoms with E-state index in [1.54, 1.807) is 13.0 Å². The Bertz CT molecular complexity index is 365. The van der Waals surface area contributed by atoms with Crippen LogP contribution in [0.1, 0.15) is 18.9 Å². The van der Waals surface area contributed by atoms with E-state index in [1.165, 1.54) is 0 Å². The predicted octanol–water partition coefficient (Wildman–Crippen LogP) is 2.32. The second-order valence-electron chi connectivity index (χ2n) is 4.56. The second-order valence-corrected chi connectivity index (χ2v) is 4.56. The Morgan fingerprint density at radius 2 is 2.19 bits per heavy atom. The van der Waals surface area contributed by atoms with E-state index in [0.717, 1.165) is 31.7 Å². The van der Waals surface area contributed by atoms with Crippen LogP contribution >= 0.6 is 0 Å².